The van der Waals surface area contributed by atoms with E-state index in [1.54, 1.807) is 30.3 Å². The van der Waals surface area contributed by atoms with Crippen LogP contribution >= 0.6 is 0 Å². The molecule has 0 aliphatic rings. The molecule has 0 heterocycles. The summed E-state index contributed by atoms with van der Waals surface area (Å²) in [6, 6.07) is 20.2. The molecule has 154 valence electrons. The van der Waals surface area contributed by atoms with E-state index in [2.05, 4.69) is 10.6 Å². The number of hydrogen-bond donors (Lipinski definition) is 2. The van der Waals surface area contributed by atoms with E-state index >= 15 is 0 Å². The lowest BCUT2D eigenvalue weighted by Gasteiger charge is -2.14. The fraction of sp³-hybridized carbons (Fsp3) is 0.167. The van der Waals surface area contributed by atoms with E-state index < -0.39 is 0 Å². The molecular formula is C24H24N2O4. The molecular weight excluding hydrogens is 380 g/mol. The third-order valence-electron chi connectivity index (χ3n) is 4.40. The summed E-state index contributed by atoms with van der Waals surface area (Å²) in [5.41, 5.74) is 3.47. The summed E-state index contributed by atoms with van der Waals surface area (Å²) in [7, 11) is 1.53. The summed E-state index contributed by atoms with van der Waals surface area (Å²) >= 11 is 0. The predicted molar refractivity (Wildman–Crippen MR) is 117 cm³/mol. The minimum atomic E-state index is -0.319. The molecule has 0 aromatic heterocycles. The monoisotopic (exact) mass is 404 g/mol. The Morgan fingerprint density at radius 1 is 0.867 bits per heavy atom. The fourth-order valence-electron chi connectivity index (χ4n) is 2.92. The smallest absolute Gasteiger partial charge is 0.255 e. The maximum absolute atomic E-state index is 12.8. The van der Waals surface area contributed by atoms with Crippen molar-refractivity contribution in [2.24, 2.45) is 0 Å². The third kappa shape index (κ3) is 5.38. The quantitative estimate of drug-likeness (QED) is 0.593. The van der Waals surface area contributed by atoms with Gasteiger partial charge >= 0.3 is 0 Å². The van der Waals surface area contributed by atoms with E-state index in [4.69, 9.17) is 9.47 Å². The van der Waals surface area contributed by atoms with Crippen LogP contribution in [0.1, 0.15) is 28.4 Å². The van der Waals surface area contributed by atoms with E-state index in [1.807, 2.05) is 43.3 Å². The van der Waals surface area contributed by atoms with Crippen molar-refractivity contribution in [3.8, 4) is 11.5 Å². The summed E-state index contributed by atoms with van der Waals surface area (Å²) in [5.74, 6) is 0.480. The molecule has 6 nitrogen and oxygen atoms in total. The Labute approximate surface area is 175 Å². The molecule has 0 fully saturated rings. The minimum Gasteiger partial charge on any atom is -0.493 e. The number of rotatable bonds is 7. The Morgan fingerprint density at radius 3 is 2.33 bits per heavy atom. The average Bonchev–Trinajstić information content (AvgIpc) is 2.74. The maximum atomic E-state index is 12.8. The van der Waals surface area contributed by atoms with Gasteiger partial charge in [-0.2, -0.15) is 0 Å². The van der Waals surface area contributed by atoms with Gasteiger partial charge in [0, 0.05) is 12.5 Å². The van der Waals surface area contributed by atoms with Gasteiger partial charge in [-0.1, -0.05) is 36.4 Å². The van der Waals surface area contributed by atoms with E-state index in [0.717, 1.165) is 11.1 Å². The van der Waals surface area contributed by atoms with E-state index in [-0.39, 0.29) is 11.8 Å². The van der Waals surface area contributed by atoms with Crippen LogP contribution in [0.2, 0.25) is 0 Å². The number of ether oxygens (including phenoxy) is 2. The molecule has 0 bridgehead atoms. The number of aryl methyl sites for hydroxylation is 1. The summed E-state index contributed by atoms with van der Waals surface area (Å²) in [6.45, 7) is 3.73. The van der Waals surface area contributed by atoms with Gasteiger partial charge in [-0.3, -0.25) is 9.59 Å². The zero-order chi connectivity index (χ0) is 21.5. The highest BCUT2D eigenvalue weighted by molar-refractivity contribution is 6.07. The van der Waals surface area contributed by atoms with Crippen molar-refractivity contribution in [1.29, 1.82) is 0 Å². The molecule has 0 spiro atoms. The zero-order valence-corrected chi connectivity index (χ0v) is 17.2. The number of carbonyl (C=O) groups is 2. The molecule has 2 amide bonds. The van der Waals surface area contributed by atoms with Crippen molar-refractivity contribution in [3.05, 3.63) is 83.4 Å². The van der Waals surface area contributed by atoms with Crippen molar-refractivity contribution in [1.82, 2.24) is 0 Å². The topological polar surface area (TPSA) is 76.7 Å². The van der Waals surface area contributed by atoms with Crippen molar-refractivity contribution in [3.63, 3.8) is 0 Å². The van der Waals surface area contributed by atoms with Crippen LogP contribution in [0.25, 0.3) is 0 Å². The Morgan fingerprint density at radius 2 is 1.63 bits per heavy atom. The summed E-state index contributed by atoms with van der Waals surface area (Å²) in [6.07, 6.45) is 0. The largest absolute Gasteiger partial charge is 0.493 e. The van der Waals surface area contributed by atoms with Gasteiger partial charge in [0.1, 0.15) is 6.61 Å². The summed E-state index contributed by atoms with van der Waals surface area (Å²) in [5, 5.41) is 5.57. The first kappa shape index (κ1) is 20.9. The van der Waals surface area contributed by atoms with Crippen molar-refractivity contribution < 1.29 is 19.1 Å². The lowest BCUT2D eigenvalue weighted by atomic mass is 10.1. The van der Waals surface area contributed by atoms with Crippen LogP contribution < -0.4 is 20.1 Å². The molecule has 0 saturated heterocycles. The second kappa shape index (κ2) is 9.60. The van der Waals surface area contributed by atoms with Crippen molar-refractivity contribution >= 4 is 23.2 Å². The molecule has 0 radical (unpaired) electrons. The highest BCUT2D eigenvalue weighted by Crippen LogP contribution is 2.30. The van der Waals surface area contributed by atoms with Crippen LogP contribution in [-0.4, -0.2) is 18.9 Å². The minimum absolute atomic E-state index is 0.212. The third-order valence-corrected chi connectivity index (χ3v) is 4.40. The molecule has 3 aromatic carbocycles. The molecule has 0 unspecified atom stereocenters. The number of methoxy groups -OCH3 is 1. The molecule has 3 aromatic rings. The Bertz CT molecular complexity index is 1050. The molecule has 0 aliphatic heterocycles. The molecule has 0 aliphatic carbocycles. The normalized spacial score (nSPS) is 10.2. The molecule has 0 saturated carbocycles. The van der Waals surface area contributed by atoms with Gasteiger partial charge < -0.3 is 20.1 Å². The van der Waals surface area contributed by atoms with Gasteiger partial charge in [0.25, 0.3) is 5.91 Å². The first-order valence-electron chi connectivity index (χ1n) is 9.50. The first-order chi connectivity index (χ1) is 14.5. The van der Waals surface area contributed by atoms with E-state index in [9.17, 15) is 9.59 Å². The van der Waals surface area contributed by atoms with Crippen LogP contribution in [0.4, 0.5) is 11.4 Å². The van der Waals surface area contributed by atoms with Gasteiger partial charge in [0.15, 0.2) is 11.5 Å². The first-order valence-corrected chi connectivity index (χ1v) is 9.50. The standard InChI is InChI=1S/C24H24N2O4/c1-16-9-11-20(25-17(2)27)21(13-16)26-24(28)19-10-12-22(23(14-19)29-3)30-15-18-7-5-4-6-8-18/h4-14H,15H2,1-3H3,(H,25,27)(H,26,28). The lowest BCUT2D eigenvalue weighted by molar-refractivity contribution is -0.114. The molecule has 30 heavy (non-hydrogen) atoms. The molecule has 6 heteroatoms. The van der Waals surface area contributed by atoms with Crippen LogP contribution in [0.3, 0.4) is 0 Å². The summed E-state index contributed by atoms with van der Waals surface area (Å²) < 4.78 is 11.2. The van der Waals surface area contributed by atoms with Crippen LogP contribution in [-0.2, 0) is 11.4 Å². The zero-order valence-electron chi connectivity index (χ0n) is 17.2. The fourth-order valence-corrected chi connectivity index (χ4v) is 2.92. The SMILES string of the molecule is COc1cc(C(=O)Nc2cc(C)ccc2NC(C)=O)ccc1OCc1ccccc1. The molecule has 2 N–H and O–H groups in total. The van der Waals surface area contributed by atoms with Gasteiger partial charge in [-0.05, 0) is 48.4 Å². The number of anilines is 2. The second-order valence-electron chi connectivity index (χ2n) is 6.82. The molecule has 0 atom stereocenters. The van der Waals surface area contributed by atoms with Gasteiger partial charge in [0.2, 0.25) is 5.91 Å². The van der Waals surface area contributed by atoms with Gasteiger partial charge in [-0.25, -0.2) is 0 Å². The number of carbonyl (C=O) groups excluding carboxylic acids is 2. The predicted octanol–water partition coefficient (Wildman–Crippen LogP) is 4.79. The number of benzene rings is 3. The van der Waals surface area contributed by atoms with Gasteiger partial charge in [0.05, 0.1) is 18.5 Å². The average molecular weight is 404 g/mol. The maximum Gasteiger partial charge on any atom is 0.255 e. The van der Waals surface area contributed by atoms with Crippen LogP contribution in [0.5, 0.6) is 11.5 Å². The molecule has 3 rings (SSSR count). The van der Waals surface area contributed by atoms with E-state index in [1.165, 1.54) is 14.0 Å². The highest BCUT2D eigenvalue weighted by atomic mass is 16.5. The van der Waals surface area contributed by atoms with Crippen LogP contribution in [0.15, 0.2) is 66.7 Å². The van der Waals surface area contributed by atoms with Crippen LogP contribution in [0, 0.1) is 6.92 Å². The van der Waals surface area contributed by atoms with E-state index in [0.29, 0.717) is 35.0 Å². The van der Waals surface area contributed by atoms with Crippen molar-refractivity contribution in [2.45, 2.75) is 20.5 Å². The Kier molecular flexibility index (Phi) is 6.70. The number of nitrogens with one attached hydrogen (secondary N) is 2. The van der Waals surface area contributed by atoms with Gasteiger partial charge in [-0.15, -0.1) is 0 Å². The Balaban J connectivity index is 1.77. The highest BCUT2D eigenvalue weighted by Gasteiger charge is 2.14. The second-order valence-corrected chi connectivity index (χ2v) is 6.82. The van der Waals surface area contributed by atoms with Crippen molar-refractivity contribution in [2.75, 3.05) is 17.7 Å². The summed E-state index contributed by atoms with van der Waals surface area (Å²) in [4.78, 5) is 24.2. The number of amides is 2. The Hall–Kier alpha value is -3.80. The lowest BCUT2D eigenvalue weighted by Crippen LogP contribution is -2.15. The number of hydrogen-bond acceptors (Lipinski definition) is 4.